The largest absolute Gasteiger partial charge is 0.507 e. The number of carbonyl (C=O) groups is 2. The van der Waals surface area contributed by atoms with E-state index in [-0.39, 0.29) is 71.6 Å². The first kappa shape index (κ1) is 40.0. The number of amides is 1. The number of fused-ring (bicyclic) bond motifs is 1. The fraction of sp³-hybridized carbons (Fsp3) is 0.600. The summed E-state index contributed by atoms with van der Waals surface area (Å²) in [6.07, 6.45) is 9.47. The molecule has 0 saturated carbocycles. The van der Waals surface area contributed by atoms with Crippen molar-refractivity contribution in [3.63, 3.8) is 0 Å². The van der Waals surface area contributed by atoms with E-state index in [0.29, 0.717) is 10.7 Å². The number of unbranched alkanes of at least 4 members (excludes halogenated alkanes) is 2. The number of benzene rings is 1. The van der Waals surface area contributed by atoms with Crippen LogP contribution in [0.1, 0.15) is 97.6 Å². The summed E-state index contributed by atoms with van der Waals surface area (Å²) < 4.78 is 24.5. The van der Waals surface area contributed by atoms with Crippen molar-refractivity contribution < 1.29 is 33.3 Å². The third-order valence-corrected chi connectivity index (χ3v) is 16.6. The van der Waals surface area contributed by atoms with Gasteiger partial charge in [-0.25, -0.2) is 4.79 Å². The Hall–Kier alpha value is -2.79. The van der Waals surface area contributed by atoms with Crippen molar-refractivity contribution in [3.05, 3.63) is 70.3 Å². The van der Waals surface area contributed by atoms with Crippen LogP contribution in [0.3, 0.4) is 0 Å². The molecule has 276 valence electrons. The smallest absolute Gasteiger partial charge is 0.356 e. The van der Waals surface area contributed by atoms with Gasteiger partial charge in [-0.3, -0.25) is 9.69 Å². The molecule has 0 spiro atoms. The van der Waals surface area contributed by atoms with Crippen molar-refractivity contribution >= 4 is 32.0 Å². The van der Waals surface area contributed by atoms with Gasteiger partial charge in [-0.1, -0.05) is 88.8 Å². The standard InChI is InChI=1S/C40H59NO7SSi/c1-12-14-15-16-28-21-31(42)35(30-20-26(5)17-18-29(30)25(3)4)32(22-28)47-24-45-23-33-36(39(44)46-19-13-2)41-37(43)34(38(41)49-33)27(6)48-50(10,11)40(7,8)9/h13,20-22,27,29-30,34,38,42H,2-3,12,14-19,23-24H2,1,4-11H3/t27?,29-,30+,34-,38+/m0/s1. The molecule has 2 aliphatic heterocycles. The molecule has 0 radical (unpaired) electrons. The highest BCUT2D eigenvalue weighted by Crippen LogP contribution is 2.52. The molecule has 1 N–H and O–H groups in total. The molecule has 1 fully saturated rings. The predicted octanol–water partition coefficient (Wildman–Crippen LogP) is 9.38. The molecule has 1 aliphatic carbocycles. The lowest BCUT2D eigenvalue weighted by molar-refractivity contribution is -0.157. The van der Waals surface area contributed by atoms with Crippen molar-refractivity contribution in [2.45, 2.75) is 123 Å². The first-order valence-electron chi connectivity index (χ1n) is 18.1. The fourth-order valence-electron chi connectivity index (χ4n) is 6.84. The Labute approximate surface area is 305 Å². The summed E-state index contributed by atoms with van der Waals surface area (Å²) in [5.74, 6) is -0.189. The van der Waals surface area contributed by atoms with Crippen molar-refractivity contribution in [3.8, 4) is 11.5 Å². The third-order valence-electron chi connectivity index (χ3n) is 10.7. The van der Waals surface area contributed by atoms with E-state index in [1.165, 1.54) is 28.3 Å². The van der Waals surface area contributed by atoms with Gasteiger partial charge in [-0.2, -0.15) is 0 Å². The molecule has 50 heavy (non-hydrogen) atoms. The van der Waals surface area contributed by atoms with Gasteiger partial charge >= 0.3 is 5.97 Å². The number of thioether (sulfide) groups is 1. The predicted molar refractivity (Wildman–Crippen MR) is 204 cm³/mol. The second-order valence-corrected chi connectivity index (χ2v) is 21.6. The van der Waals surface area contributed by atoms with Gasteiger partial charge in [0.15, 0.2) is 15.1 Å². The zero-order chi connectivity index (χ0) is 37.0. The van der Waals surface area contributed by atoms with Gasteiger partial charge in [-0.15, -0.1) is 0 Å². The number of ether oxygens (including phenoxy) is 3. The van der Waals surface area contributed by atoms with Crippen LogP contribution in [0, 0.1) is 11.8 Å². The molecule has 1 aromatic carbocycles. The molecule has 3 aliphatic rings. The highest BCUT2D eigenvalue weighted by molar-refractivity contribution is 8.04. The van der Waals surface area contributed by atoms with Crippen LogP contribution >= 0.6 is 11.8 Å². The zero-order valence-electron chi connectivity index (χ0n) is 31.7. The number of rotatable bonds is 17. The van der Waals surface area contributed by atoms with Crippen LogP contribution in [-0.2, 0) is 29.9 Å². The number of carbonyl (C=O) groups excluding carboxylic acids is 2. The number of aromatic hydroxyl groups is 1. The van der Waals surface area contributed by atoms with Gasteiger partial charge in [0.05, 0.1) is 18.6 Å². The second kappa shape index (κ2) is 16.7. The summed E-state index contributed by atoms with van der Waals surface area (Å²) in [5.41, 5.74) is 4.34. The SMILES string of the molecule is C=CCOC(=O)C1=C(COCOc2cc(CCCCC)cc(O)c2[C@@H]2C=C(C)CC[C@H]2C(=C)C)S[C@@H]2[C@@H](C(C)O[Si](C)(C)C(C)(C)C)C(=O)N12. The lowest BCUT2D eigenvalue weighted by Gasteiger charge is -2.48. The Morgan fingerprint density at radius 1 is 1.24 bits per heavy atom. The molecular formula is C40H59NO7SSi. The number of β-lactam (4-membered cyclic amide) rings is 1. The third kappa shape index (κ3) is 8.80. The Balaban J connectivity index is 1.55. The summed E-state index contributed by atoms with van der Waals surface area (Å²) in [6.45, 7) is 27.1. The van der Waals surface area contributed by atoms with Crippen molar-refractivity contribution in [1.29, 1.82) is 0 Å². The van der Waals surface area contributed by atoms with Crippen LogP contribution in [0.15, 0.2) is 59.2 Å². The Kier molecular flexibility index (Phi) is 13.4. The van der Waals surface area contributed by atoms with Crippen molar-refractivity contribution in [1.82, 2.24) is 4.90 Å². The molecular weight excluding hydrogens is 667 g/mol. The van der Waals surface area contributed by atoms with E-state index < -0.39 is 14.3 Å². The maximum Gasteiger partial charge on any atom is 0.356 e. The summed E-state index contributed by atoms with van der Waals surface area (Å²) >= 11 is 1.45. The maximum atomic E-state index is 13.6. The molecule has 1 unspecified atom stereocenters. The van der Waals surface area contributed by atoms with Crippen LogP contribution < -0.4 is 4.74 Å². The molecule has 1 saturated heterocycles. The minimum absolute atomic E-state index is 0.00330. The molecule has 0 aromatic heterocycles. The maximum absolute atomic E-state index is 13.6. The van der Waals surface area contributed by atoms with Crippen LogP contribution in [0.4, 0.5) is 0 Å². The number of nitrogens with zero attached hydrogens (tertiary/aromatic N) is 1. The number of allylic oxidation sites excluding steroid dienone is 3. The first-order valence-corrected chi connectivity index (χ1v) is 21.9. The van der Waals surface area contributed by atoms with E-state index in [1.54, 1.807) is 0 Å². The number of esters is 1. The normalized spacial score (nSPS) is 22.9. The molecule has 5 atom stereocenters. The number of hydrogen-bond donors (Lipinski definition) is 1. The zero-order valence-corrected chi connectivity index (χ0v) is 33.5. The number of phenolic OH excluding ortho intramolecular Hbond substituents is 1. The van der Waals surface area contributed by atoms with Gasteiger partial charge in [0.25, 0.3) is 0 Å². The minimum Gasteiger partial charge on any atom is -0.507 e. The molecule has 2 heterocycles. The van der Waals surface area contributed by atoms with Crippen LogP contribution in [-0.4, -0.2) is 61.7 Å². The molecule has 0 bridgehead atoms. The van der Waals surface area contributed by atoms with Gasteiger partial charge in [-0.05, 0) is 88.2 Å². The van der Waals surface area contributed by atoms with E-state index in [0.717, 1.165) is 55.2 Å². The summed E-state index contributed by atoms with van der Waals surface area (Å²) in [7, 11) is -2.13. The molecule has 4 rings (SSSR count). The van der Waals surface area contributed by atoms with Crippen molar-refractivity contribution in [2.24, 2.45) is 11.8 Å². The highest BCUT2D eigenvalue weighted by Gasteiger charge is 2.59. The van der Waals surface area contributed by atoms with Gasteiger partial charge in [0.1, 0.15) is 29.2 Å². The molecule has 10 heteroatoms. The van der Waals surface area contributed by atoms with E-state index >= 15 is 0 Å². The lowest BCUT2D eigenvalue weighted by Crippen LogP contribution is -2.62. The van der Waals surface area contributed by atoms with Gasteiger partial charge < -0.3 is 23.7 Å². The average Bonchev–Trinajstić information content (AvgIpc) is 3.35. The average molecular weight is 726 g/mol. The van der Waals surface area contributed by atoms with Gasteiger partial charge in [0, 0.05) is 16.4 Å². The van der Waals surface area contributed by atoms with Crippen LogP contribution in [0.5, 0.6) is 11.5 Å². The van der Waals surface area contributed by atoms with E-state index in [1.807, 2.05) is 19.1 Å². The molecule has 1 aromatic rings. The van der Waals surface area contributed by atoms with Crippen LogP contribution in [0.25, 0.3) is 0 Å². The molecule has 1 amide bonds. The lowest BCUT2D eigenvalue weighted by atomic mass is 9.73. The minimum atomic E-state index is -2.13. The van der Waals surface area contributed by atoms with Crippen molar-refractivity contribution in [2.75, 3.05) is 20.0 Å². The summed E-state index contributed by atoms with van der Waals surface area (Å²) in [5, 5.41) is 11.2. The monoisotopic (exact) mass is 725 g/mol. The van der Waals surface area contributed by atoms with E-state index in [2.05, 4.69) is 73.9 Å². The van der Waals surface area contributed by atoms with E-state index in [4.69, 9.17) is 18.6 Å². The van der Waals surface area contributed by atoms with E-state index in [9.17, 15) is 14.7 Å². The highest BCUT2D eigenvalue weighted by atomic mass is 32.2. The van der Waals surface area contributed by atoms with Gasteiger partial charge in [0.2, 0.25) is 5.91 Å². The number of phenols is 1. The summed E-state index contributed by atoms with van der Waals surface area (Å²) in [6, 6.07) is 3.91. The number of hydrogen-bond acceptors (Lipinski definition) is 8. The summed E-state index contributed by atoms with van der Waals surface area (Å²) in [4.78, 5) is 29.0. The Bertz CT molecular complexity index is 1510. The molecule has 8 nitrogen and oxygen atoms in total. The quantitative estimate of drug-likeness (QED) is 0.0424. The second-order valence-electron chi connectivity index (χ2n) is 15.6. The van der Waals surface area contributed by atoms with Crippen LogP contribution in [0.2, 0.25) is 18.1 Å². The Morgan fingerprint density at radius 3 is 2.60 bits per heavy atom. The first-order chi connectivity index (χ1) is 23.5. The number of aryl methyl sites for hydroxylation is 1. The fourth-order valence-corrected chi connectivity index (χ4v) is 9.81. The topological polar surface area (TPSA) is 94.5 Å². The Morgan fingerprint density at radius 2 is 1.96 bits per heavy atom.